The Balaban J connectivity index is 1.68. The quantitative estimate of drug-likeness (QED) is 0.419. The van der Waals surface area contributed by atoms with E-state index in [-0.39, 0.29) is 5.91 Å². The first kappa shape index (κ1) is 22.2. The van der Waals surface area contributed by atoms with E-state index < -0.39 is 0 Å². The zero-order valence-corrected chi connectivity index (χ0v) is 18.4. The number of aromatic nitrogens is 3. The van der Waals surface area contributed by atoms with Gasteiger partial charge in [-0.1, -0.05) is 29.8 Å². The second kappa shape index (κ2) is 10.5. The van der Waals surface area contributed by atoms with Crippen molar-refractivity contribution in [3.05, 3.63) is 76.7 Å². The predicted molar refractivity (Wildman–Crippen MR) is 121 cm³/mol. The van der Waals surface area contributed by atoms with Gasteiger partial charge in [0.1, 0.15) is 12.3 Å². The van der Waals surface area contributed by atoms with Crippen LogP contribution in [0, 0.1) is 20.8 Å². The summed E-state index contributed by atoms with van der Waals surface area (Å²) in [5, 5.41) is 7.45. The molecule has 7 heteroatoms. The fourth-order valence-electron chi connectivity index (χ4n) is 3.13. The summed E-state index contributed by atoms with van der Waals surface area (Å²) in [5.41, 5.74) is 5.74. The van der Waals surface area contributed by atoms with Gasteiger partial charge in [-0.05, 0) is 44.5 Å². The lowest BCUT2D eigenvalue weighted by Crippen LogP contribution is -2.12. The second-order valence-corrected chi connectivity index (χ2v) is 7.25. The normalized spacial score (nSPS) is 11.1. The summed E-state index contributed by atoms with van der Waals surface area (Å²) < 4.78 is 12.5. The van der Waals surface area contributed by atoms with Crippen molar-refractivity contribution >= 4 is 17.7 Å². The summed E-state index contributed by atoms with van der Waals surface area (Å²) in [6.07, 6.45) is 4.91. The second-order valence-electron chi connectivity index (χ2n) is 7.25. The molecular weight excluding hydrogens is 392 g/mol. The molecule has 0 spiro atoms. The van der Waals surface area contributed by atoms with E-state index in [0.717, 1.165) is 17.0 Å². The van der Waals surface area contributed by atoms with Gasteiger partial charge in [0.15, 0.2) is 0 Å². The maximum absolute atomic E-state index is 12.5. The monoisotopic (exact) mass is 420 g/mol. The Kier molecular flexibility index (Phi) is 7.56. The zero-order valence-electron chi connectivity index (χ0n) is 18.4. The van der Waals surface area contributed by atoms with E-state index in [1.807, 2.05) is 18.5 Å². The number of carbonyl (C=O) groups is 1. The molecule has 1 N–H and O–H groups in total. The summed E-state index contributed by atoms with van der Waals surface area (Å²) >= 11 is 0. The molecule has 0 unspecified atom stereocenters. The summed E-state index contributed by atoms with van der Waals surface area (Å²) in [7, 11) is 1.60. The third kappa shape index (κ3) is 6.02. The molecule has 7 nitrogen and oxygen atoms in total. The molecule has 162 valence electrons. The predicted octanol–water partition coefficient (Wildman–Crippen LogP) is 3.93. The molecular formula is C24H28N4O3. The van der Waals surface area contributed by atoms with Gasteiger partial charge in [0, 0.05) is 30.6 Å². The molecule has 3 rings (SSSR count). The number of methoxy groups -OCH3 is 1. The van der Waals surface area contributed by atoms with Gasteiger partial charge in [-0.15, -0.1) is 0 Å². The molecule has 0 radical (unpaired) electrons. The van der Waals surface area contributed by atoms with Gasteiger partial charge in [-0.2, -0.15) is 5.10 Å². The van der Waals surface area contributed by atoms with Crippen LogP contribution in [-0.4, -0.2) is 41.0 Å². The van der Waals surface area contributed by atoms with Gasteiger partial charge < -0.3 is 14.8 Å². The van der Waals surface area contributed by atoms with Crippen LogP contribution >= 0.6 is 0 Å². The van der Waals surface area contributed by atoms with E-state index in [1.54, 1.807) is 31.5 Å². The fraction of sp³-hybridized carbons (Fsp3) is 0.292. The molecule has 1 amide bonds. The highest BCUT2D eigenvalue weighted by atomic mass is 16.5. The zero-order chi connectivity index (χ0) is 22.2. The van der Waals surface area contributed by atoms with E-state index in [1.165, 1.54) is 17.2 Å². The largest absolute Gasteiger partial charge is 0.474 e. The van der Waals surface area contributed by atoms with Crippen molar-refractivity contribution < 1.29 is 14.3 Å². The molecule has 31 heavy (non-hydrogen) atoms. The van der Waals surface area contributed by atoms with E-state index in [4.69, 9.17) is 9.47 Å². The number of amides is 1. The number of anilines is 1. The van der Waals surface area contributed by atoms with Crippen molar-refractivity contribution in [3.8, 4) is 5.88 Å². The number of hydrogen-bond donors (Lipinski definition) is 1. The van der Waals surface area contributed by atoms with Gasteiger partial charge >= 0.3 is 0 Å². The number of rotatable bonds is 9. The number of hydrogen-bond acceptors (Lipinski definition) is 5. The topological polar surface area (TPSA) is 78.3 Å². The van der Waals surface area contributed by atoms with Crippen molar-refractivity contribution in [2.75, 3.05) is 25.6 Å². The van der Waals surface area contributed by atoms with Crippen LogP contribution in [0.15, 0.2) is 48.7 Å². The smallest absolute Gasteiger partial charge is 0.248 e. The van der Waals surface area contributed by atoms with Crippen molar-refractivity contribution in [2.45, 2.75) is 27.3 Å². The van der Waals surface area contributed by atoms with E-state index >= 15 is 0 Å². The molecule has 0 saturated heterocycles. The Morgan fingerprint density at radius 3 is 2.65 bits per heavy atom. The Morgan fingerprint density at radius 2 is 1.90 bits per heavy atom. The minimum absolute atomic E-state index is 0.269. The molecule has 2 aromatic heterocycles. The molecule has 0 aliphatic rings. The van der Waals surface area contributed by atoms with Crippen LogP contribution in [0.5, 0.6) is 5.88 Å². The molecule has 0 fully saturated rings. The highest BCUT2D eigenvalue weighted by molar-refractivity contribution is 6.02. The van der Waals surface area contributed by atoms with Gasteiger partial charge in [0.2, 0.25) is 11.8 Å². The van der Waals surface area contributed by atoms with Crippen LogP contribution in [0.1, 0.15) is 28.1 Å². The molecule has 3 aromatic rings. The maximum Gasteiger partial charge on any atom is 0.248 e. The van der Waals surface area contributed by atoms with Crippen molar-refractivity contribution in [2.24, 2.45) is 0 Å². The molecule has 0 bridgehead atoms. The third-order valence-corrected chi connectivity index (χ3v) is 4.85. The number of pyridine rings is 1. The summed E-state index contributed by atoms with van der Waals surface area (Å²) in [6, 6.07) is 11.9. The van der Waals surface area contributed by atoms with Gasteiger partial charge in [-0.3, -0.25) is 9.48 Å². The summed E-state index contributed by atoms with van der Waals surface area (Å²) in [4.78, 5) is 16.7. The van der Waals surface area contributed by atoms with Crippen LogP contribution in [-0.2, 0) is 16.1 Å². The highest BCUT2D eigenvalue weighted by Gasteiger charge is 2.11. The third-order valence-electron chi connectivity index (χ3n) is 4.85. The van der Waals surface area contributed by atoms with E-state index in [9.17, 15) is 4.79 Å². The van der Waals surface area contributed by atoms with E-state index in [0.29, 0.717) is 31.3 Å². The number of carbonyl (C=O) groups excluding carboxylic acids is 1. The average molecular weight is 421 g/mol. The van der Waals surface area contributed by atoms with Gasteiger partial charge in [0.05, 0.1) is 18.8 Å². The SMILES string of the molecule is COCCOc1ncccc1NC(=O)/C=C/c1c(C)nn(Cc2ccc(C)cc2)c1C. The molecule has 0 atom stereocenters. The Bertz CT molecular complexity index is 1060. The minimum atomic E-state index is -0.269. The molecule has 2 heterocycles. The van der Waals surface area contributed by atoms with Crippen LogP contribution in [0.25, 0.3) is 6.08 Å². The number of ether oxygens (including phenoxy) is 2. The lowest BCUT2D eigenvalue weighted by Gasteiger charge is -2.09. The number of aryl methyl sites for hydroxylation is 2. The van der Waals surface area contributed by atoms with Crippen molar-refractivity contribution in [1.29, 1.82) is 0 Å². The lowest BCUT2D eigenvalue weighted by atomic mass is 10.1. The van der Waals surface area contributed by atoms with Gasteiger partial charge in [-0.25, -0.2) is 4.98 Å². The van der Waals surface area contributed by atoms with Gasteiger partial charge in [0.25, 0.3) is 0 Å². The summed E-state index contributed by atoms with van der Waals surface area (Å²) in [5.74, 6) is 0.0919. The lowest BCUT2D eigenvalue weighted by molar-refractivity contribution is -0.111. The Morgan fingerprint density at radius 1 is 1.13 bits per heavy atom. The van der Waals surface area contributed by atoms with Crippen LogP contribution in [0.3, 0.4) is 0 Å². The average Bonchev–Trinajstić information content (AvgIpc) is 3.02. The Labute approximate surface area is 182 Å². The molecule has 0 saturated carbocycles. The first-order chi connectivity index (χ1) is 15.0. The minimum Gasteiger partial charge on any atom is -0.474 e. The number of nitrogens with one attached hydrogen (secondary N) is 1. The maximum atomic E-state index is 12.5. The molecule has 0 aliphatic heterocycles. The highest BCUT2D eigenvalue weighted by Crippen LogP contribution is 2.21. The first-order valence-corrected chi connectivity index (χ1v) is 10.1. The standard InChI is InChI=1S/C24H28N4O3/c1-17-7-9-20(10-8-17)16-28-19(3)21(18(2)27-28)11-12-23(29)26-22-6-5-13-25-24(22)31-15-14-30-4/h5-13H,14-16H2,1-4H3,(H,26,29)/b12-11+. The number of nitrogens with zero attached hydrogens (tertiary/aromatic N) is 3. The Hall–Kier alpha value is -3.45. The molecule has 0 aliphatic carbocycles. The van der Waals surface area contributed by atoms with Crippen LogP contribution in [0.2, 0.25) is 0 Å². The van der Waals surface area contributed by atoms with Crippen LogP contribution < -0.4 is 10.1 Å². The fourth-order valence-corrected chi connectivity index (χ4v) is 3.13. The summed E-state index contributed by atoms with van der Waals surface area (Å²) in [6.45, 7) is 7.50. The van der Waals surface area contributed by atoms with Crippen molar-refractivity contribution in [1.82, 2.24) is 14.8 Å². The first-order valence-electron chi connectivity index (χ1n) is 10.1. The van der Waals surface area contributed by atoms with Crippen LogP contribution in [0.4, 0.5) is 5.69 Å². The number of benzene rings is 1. The van der Waals surface area contributed by atoms with E-state index in [2.05, 4.69) is 46.6 Å². The van der Waals surface area contributed by atoms with Crippen molar-refractivity contribution in [3.63, 3.8) is 0 Å². The molecule has 1 aromatic carbocycles.